The standard InChI is InChI=1S/C17H21ClFNO3/c1-11-2-3-14(18)12(15(11)19)8-20-9-13(16(21)22)17(10-20)4-6-23-7-5-17/h2-3,13H,4-10H2,1H3,(H,21,22). The third-order valence-electron chi connectivity index (χ3n) is 5.27. The van der Waals surface area contributed by atoms with Crippen LogP contribution in [0.1, 0.15) is 24.0 Å². The minimum absolute atomic E-state index is 0.267. The maximum Gasteiger partial charge on any atom is 0.308 e. The van der Waals surface area contributed by atoms with E-state index in [2.05, 4.69) is 0 Å². The van der Waals surface area contributed by atoms with E-state index in [9.17, 15) is 14.3 Å². The summed E-state index contributed by atoms with van der Waals surface area (Å²) in [5.74, 6) is -1.50. The second-order valence-corrected chi connectivity index (χ2v) is 7.10. The van der Waals surface area contributed by atoms with Crippen LogP contribution in [0.25, 0.3) is 0 Å². The van der Waals surface area contributed by atoms with Crippen LogP contribution in [0.3, 0.4) is 0 Å². The van der Waals surface area contributed by atoms with Gasteiger partial charge in [-0.05, 0) is 31.4 Å². The normalized spacial score (nSPS) is 24.2. The van der Waals surface area contributed by atoms with Crippen molar-refractivity contribution in [2.75, 3.05) is 26.3 Å². The van der Waals surface area contributed by atoms with Gasteiger partial charge in [0.1, 0.15) is 5.82 Å². The molecule has 1 aromatic rings. The van der Waals surface area contributed by atoms with Crippen molar-refractivity contribution in [3.05, 3.63) is 34.1 Å². The lowest BCUT2D eigenvalue weighted by Gasteiger charge is -2.36. The number of hydrogen-bond acceptors (Lipinski definition) is 3. The number of carbonyl (C=O) groups is 1. The minimum atomic E-state index is -0.773. The first-order valence-corrected chi connectivity index (χ1v) is 8.27. The van der Waals surface area contributed by atoms with E-state index in [4.69, 9.17) is 16.3 Å². The molecule has 0 bridgehead atoms. The molecule has 2 aliphatic heterocycles. The fraction of sp³-hybridized carbons (Fsp3) is 0.588. The Bertz CT molecular complexity index is 616. The van der Waals surface area contributed by atoms with Gasteiger partial charge in [0.05, 0.1) is 5.92 Å². The molecule has 3 rings (SSSR count). The van der Waals surface area contributed by atoms with E-state index in [1.54, 1.807) is 19.1 Å². The molecule has 0 aliphatic carbocycles. The molecule has 0 saturated carbocycles. The van der Waals surface area contributed by atoms with Crippen LogP contribution in [-0.2, 0) is 16.1 Å². The second kappa shape index (κ2) is 6.38. The highest BCUT2D eigenvalue weighted by atomic mass is 35.5. The Morgan fingerprint density at radius 3 is 2.83 bits per heavy atom. The number of aliphatic carboxylic acids is 1. The molecule has 2 heterocycles. The highest BCUT2D eigenvalue weighted by molar-refractivity contribution is 6.31. The first-order valence-electron chi connectivity index (χ1n) is 7.89. The van der Waals surface area contributed by atoms with Crippen LogP contribution in [0.5, 0.6) is 0 Å². The molecule has 6 heteroatoms. The van der Waals surface area contributed by atoms with Gasteiger partial charge in [0.15, 0.2) is 0 Å². The zero-order valence-corrected chi connectivity index (χ0v) is 13.9. The van der Waals surface area contributed by atoms with E-state index in [-0.39, 0.29) is 11.2 Å². The van der Waals surface area contributed by atoms with Crippen molar-refractivity contribution in [3.8, 4) is 0 Å². The fourth-order valence-corrected chi connectivity index (χ4v) is 4.11. The second-order valence-electron chi connectivity index (χ2n) is 6.69. The Labute approximate surface area is 140 Å². The number of carboxylic acid groups (broad SMARTS) is 1. The summed E-state index contributed by atoms with van der Waals surface area (Å²) < 4.78 is 19.8. The molecule has 1 aromatic carbocycles. The summed E-state index contributed by atoms with van der Waals surface area (Å²) in [6.07, 6.45) is 1.48. The highest BCUT2D eigenvalue weighted by Gasteiger charge is 2.50. The van der Waals surface area contributed by atoms with Crippen molar-refractivity contribution in [2.45, 2.75) is 26.3 Å². The summed E-state index contributed by atoms with van der Waals surface area (Å²) >= 11 is 6.15. The average molecular weight is 342 g/mol. The van der Waals surface area contributed by atoms with Crippen LogP contribution >= 0.6 is 11.6 Å². The molecule has 2 aliphatic rings. The molecule has 1 N–H and O–H groups in total. The van der Waals surface area contributed by atoms with Gasteiger partial charge in [-0.1, -0.05) is 17.7 Å². The molecular formula is C17H21ClFNO3. The first-order chi connectivity index (χ1) is 10.9. The number of likely N-dealkylation sites (tertiary alicyclic amines) is 1. The van der Waals surface area contributed by atoms with Crippen LogP contribution in [0, 0.1) is 24.1 Å². The lowest BCUT2D eigenvalue weighted by molar-refractivity contribution is -0.146. The zero-order chi connectivity index (χ0) is 16.6. The molecule has 0 radical (unpaired) electrons. The van der Waals surface area contributed by atoms with Gasteiger partial charge in [0.2, 0.25) is 0 Å². The fourth-order valence-electron chi connectivity index (χ4n) is 3.90. The number of ether oxygens (including phenoxy) is 1. The van der Waals surface area contributed by atoms with Crippen molar-refractivity contribution in [1.29, 1.82) is 0 Å². The van der Waals surface area contributed by atoms with Gasteiger partial charge in [-0.15, -0.1) is 0 Å². The minimum Gasteiger partial charge on any atom is -0.481 e. The van der Waals surface area contributed by atoms with Gasteiger partial charge in [0.25, 0.3) is 0 Å². The number of benzene rings is 1. The molecule has 0 aromatic heterocycles. The van der Waals surface area contributed by atoms with Crippen LogP contribution in [0.15, 0.2) is 12.1 Å². The lowest BCUT2D eigenvalue weighted by Crippen LogP contribution is -2.40. The Balaban J connectivity index is 1.83. The molecule has 23 heavy (non-hydrogen) atoms. The zero-order valence-electron chi connectivity index (χ0n) is 13.1. The van der Waals surface area contributed by atoms with Gasteiger partial charge in [0, 0.05) is 48.8 Å². The monoisotopic (exact) mass is 341 g/mol. The number of hydrogen-bond donors (Lipinski definition) is 1. The van der Waals surface area contributed by atoms with Gasteiger partial charge in [-0.25, -0.2) is 4.39 Å². The van der Waals surface area contributed by atoms with E-state index >= 15 is 0 Å². The van der Waals surface area contributed by atoms with Crippen molar-refractivity contribution in [3.63, 3.8) is 0 Å². The largest absolute Gasteiger partial charge is 0.481 e. The van der Waals surface area contributed by atoms with E-state index in [0.29, 0.717) is 49.0 Å². The predicted octanol–water partition coefficient (Wildman–Crippen LogP) is 3.10. The van der Waals surface area contributed by atoms with Gasteiger partial charge in [-0.3, -0.25) is 9.69 Å². The maximum absolute atomic E-state index is 14.4. The Kier molecular flexibility index (Phi) is 4.63. The van der Waals surface area contributed by atoms with Gasteiger partial charge in [-0.2, -0.15) is 0 Å². The summed E-state index contributed by atoms with van der Waals surface area (Å²) in [7, 11) is 0. The topological polar surface area (TPSA) is 49.8 Å². The molecule has 1 atom stereocenters. The van der Waals surface area contributed by atoms with Crippen LogP contribution in [-0.4, -0.2) is 42.3 Å². The Morgan fingerprint density at radius 2 is 2.17 bits per heavy atom. The number of halogens is 2. The van der Waals surface area contributed by atoms with E-state index < -0.39 is 11.9 Å². The van der Waals surface area contributed by atoms with Crippen molar-refractivity contribution in [2.24, 2.45) is 11.3 Å². The number of nitrogens with zero attached hydrogens (tertiary/aromatic N) is 1. The summed E-state index contributed by atoms with van der Waals surface area (Å²) in [4.78, 5) is 13.7. The third kappa shape index (κ3) is 3.10. The number of rotatable bonds is 3. The smallest absolute Gasteiger partial charge is 0.308 e. The van der Waals surface area contributed by atoms with Crippen LogP contribution < -0.4 is 0 Å². The average Bonchev–Trinajstić information content (AvgIpc) is 2.86. The molecule has 0 amide bonds. The highest BCUT2D eigenvalue weighted by Crippen LogP contribution is 2.45. The van der Waals surface area contributed by atoms with Crippen molar-refractivity contribution >= 4 is 17.6 Å². The Hall–Kier alpha value is -1.17. The lowest BCUT2D eigenvalue weighted by atomic mass is 9.72. The van der Waals surface area contributed by atoms with Gasteiger partial charge >= 0.3 is 5.97 Å². The quantitative estimate of drug-likeness (QED) is 0.917. The Morgan fingerprint density at radius 1 is 1.48 bits per heavy atom. The van der Waals surface area contributed by atoms with Crippen LogP contribution in [0.4, 0.5) is 4.39 Å². The number of carboxylic acids is 1. The van der Waals surface area contributed by atoms with E-state index in [1.807, 2.05) is 4.90 Å². The molecule has 1 spiro atoms. The summed E-state index contributed by atoms with van der Waals surface area (Å²) in [6.45, 7) is 4.32. The third-order valence-corrected chi connectivity index (χ3v) is 5.62. The summed E-state index contributed by atoms with van der Waals surface area (Å²) in [6, 6.07) is 3.36. The van der Waals surface area contributed by atoms with Crippen molar-refractivity contribution in [1.82, 2.24) is 4.90 Å². The summed E-state index contributed by atoms with van der Waals surface area (Å²) in [5, 5.41) is 10.00. The molecule has 1 unspecified atom stereocenters. The van der Waals surface area contributed by atoms with Gasteiger partial charge < -0.3 is 9.84 Å². The predicted molar refractivity (Wildman–Crippen MR) is 85.0 cm³/mol. The van der Waals surface area contributed by atoms with E-state index in [1.165, 1.54) is 0 Å². The molecule has 2 fully saturated rings. The van der Waals surface area contributed by atoms with Crippen molar-refractivity contribution < 1.29 is 19.0 Å². The molecule has 4 nitrogen and oxygen atoms in total. The van der Waals surface area contributed by atoms with Crippen LogP contribution in [0.2, 0.25) is 5.02 Å². The molecular weight excluding hydrogens is 321 g/mol. The van der Waals surface area contributed by atoms with E-state index in [0.717, 1.165) is 12.8 Å². The first kappa shape index (κ1) is 16.7. The maximum atomic E-state index is 14.4. The SMILES string of the molecule is Cc1ccc(Cl)c(CN2CC(C(=O)O)C3(CCOCC3)C2)c1F. The number of aryl methyl sites for hydroxylation is 1. The summed E-state index contributed by atoms with van der Waals surface area (Å²) in [5.41, 5.74) is 0.746. The molecule has 2 saturated heterocycles. The molecule has 126 valence electrons.